The van der Waals surface area contributed by atoms with Gasteiger partial charge in [-0.05, 0) is 143 Å². The molecule has 7 aliphatic carbocycles. The van der Waals surface area contributed by atoms with Crippen LogP contribution < -0.4 is 14.5 Å². The molecule has 13 rings (SSSR count). The van der Waals surface area contributed by atoms with Crippen molar-refractivity contribution in [1.82, 2.24) is 0 Å². The minimum Gasteiger partial charge on any atom is -0.457 e. The van der Waals surface area contributed by atoms with Crippen molar-refractivity contribution in [3.8, 4) is 16.9 Å². The van der Waals surface area contributed by atoms with Gasteiger partial charge in [0.05, 0.1) is 28.4 Å². The van der Waals surface area contributed by atoms with Crippen LogP contribution in [0.1, 0.15) is 92.7 Å². The third kappa shape index (κ3) is 4.72. The molecule has 0 saturated heterocycles. The highest BCUT2D eigenvalue weighted by Gasteiger charge is 2.57. The molecule has 8 aliphatic rings. The molecular formula is C59H50N2O. The number of fused-ring (bicyclic) bond motifs is 13. The first-order valence-electron chi connectivity index (χ1n) is 22.8. The minimum absolute atomic E-state index is 0.0571. The molecule has 302 valence electrons. The maximum absolute atomic E-state index is 6.62. The van der Waals surface area contributed by atoms with Gasteiger partial charge in [-0.1, -0.05) is 147 Å². The van der Waals surface area contributed by atoms with Crippen LogP contribution in [-0.2, 0) is 10.8 Å². The van der Waals surface area contributed by atoms with Crippen molar-refractivity contribution in [2.75, 3.05) is 9.80 Å². The normalized spacial score (nSPS) is 25.1. The molecule has 3 atom stereocenters. The van der Waals surface area contributed by atoms with Gasteiger partial charge < -0.3 is 14.5 Å². The second kappa shape index (κ2) is 13.0. The molecule has 1 heterocycles. The van der Waals surface area contributed by atoms with E-state index in [2.05, 4.69) is 201 Å². The van der Waals surface area contributed by atoms with Crippen molar-refractivity contribution < 1.29 is 4.74 Å². The van der Waals surface area contributed by atoms with Crippen LogP contribution in [0.2, 0.25) is 0 Å². The number of anilines is 2. The Balaban J connectivity index is 1.02. The van der Waals surface area contributed by atoms with E-state index in [1.807, 2.05) is 0 Å². The van der Waals surface area contributed by atoms with Crippen molar-refractivity contribution in [1.29, 1.82) is 0 Å². The smallest absolute Gasteiger partial charge is 0.150 e. The summed E-state index contributed by atoms with van der Waals surface area (Å²) in [5.74, 6) is 1.96. The van der Waals surface area contributed by atoms with E-state index >= 15 is 0 Å². The summed E-state index contributed by atoms with van der Waals surface area (Å²) in [4.78, 5) is 5.34. The average Bonchev–Trinajstić information content (AvgIpc) is 3.87. The van der Waals surface area contributed by atoms with Crippen LogP contribution in [0.3, 0.4) is 0 Å². The van der Waals surface area contributed by atoms with Gasteiger partial charge in [0.2, 0.25) is 0 Å². The molecule has 0 N–H and O–H groups in total. The molecule has 0 fully saturated rings. The molecule has 0 radical (unpaired) electrons. The summed E-state index contributed by atoms with van der Waals surface area (Å²) in [7, 11) is 0. The summed E-state index contributed by atoms with van der Waals surface area (Å²) in [6, 6.07) is 43.8. The molecule has 1 aliphatic heterocycles. The number of para-hydroxylation sites is 2. The summed E-state index contributed by atoms with van der Waals surface area (Å²) < 4.78 is 6.62. The highest BCUT2D eigenvalue weighted by Crippen LogP contribution is 2.66. The van der Waals surface area contributed by atoms with E-state index in [-0.39, 0.29) is 17.0 Å². The highest BCUT2D eigenvalue weighted by atomic mass is 16.5. The van der Waals surface area contributed by atoms with Crippen molar-refractivity contribution in [3.05, 3.63) is 232 Å². The van der Waals surface area contributed by atoms with Crippen LogP contribution in [0.4, 0.5) is 11.4 Å². The minimum atomic E-state index is -0.453. The Morgan fingerprint density at radius 1 is 0.694 bits per heavy atom. The van der Waals surface area contributed by atoms with Crippen molar-refractivity contribution >= 4 is 22.5 Å². The Bertz CT molecular complexity index is 3070. The Labute approximate surface area is 365 Å². The lowest BCUT2D eigenvalue weighted by Gasteiger charge is -2.51. The lowest BCUT2D eigenvalue weighted by atomic mass is 9.65. The fraction of sp³-hybridized carbons (Fsp3) is 0.220. The largest absolute Gasteiger partial charge is 0.457 e. The standard InChI is InChI=1S/C59H50N2O/c1-57(2)45-23-10-7-20-40(45)42-33-32-39(36-49(42)57)60(38-18-5-4-6-19-38)53-29-17-26-48-56(53)44-22-9-12-25-47(44)59(48)46-24-11-8-21-41(46)43-34-35-58(3,37-50(43)59)61-51-27-13-15-30-54(51)62-55-31-16-14-28-52(55)61/h5,7-27,29-31,34-36,52H,4,6,28,32-33,37H2,1-3H3/t52?,58?,59-/m1/s1. The van der Waals surface area contributed by atoms with Gasteiger partial charge in [0, 0.05) is 22.4 Å². The Morgan fingerprint density at radius 2 is 1.44 bits per heavy atom. The second-order valence-corrected chi connectivity index (χ2v) is 19.1. The van der Waals surface area contributed by atoms with Gasteiger partial charge in [-0.25, -0.2) is 0 Å². The zero-order chi connectivity index (χ0) is 41.4. The quantitative estimate of drug-likeness (QED) is 0.180. The van der Waals surface area contributed by atoms with Gasteiger partial charge in [-0.3, -0.25) is 0 Å². The number of benzene rings is 5. The third-order valence-corrected chi connectivity index (χ3v) is 15.5. The van der Waals surface area contributed by atoms with E-state index in [0.29, 0.717) is 0 Å². The van der Waals surface area contributed by atoms with E-state index in [1.165, 1.54) is 83.9 Å². The predicted octanol–water partition coefficient (Wildman–Crippen LogP) is 14.1. The fourth-order valence-corrected chi connectivity index (χ4v) is 12.9. The Hall–Kier alpha value is -6.58. The summed E-state index contributed by atoms with van der Waals surface area (Å²) in [6.45, 7) is 7.31. The number of hydrogen-bond donors (Lipinski definition) is 0. The Kier molecular flexibility index (Phi) is 7.55. The van der Waals surface area contributed by atoms with Gasteiger partial charge in [-0.15, -0.1) is 0 Å². The summed E-state index contributed by atoms with van der Waals surface area (Å²) >= 11 is 0. The lowest BCUT2D eigenvalue weighted by Crippen LogP contribution is -2.55. The average molecular weight is 803 g/mol. The first kappa shape index (κ1) is 36.1. The zero-order valence-electron chi connectivity index (χ0n) is 35.8. The lowest BCUT2D eigenvalue weighted by molar-refractivity contribution is 0.316. The first-order chi connectivity index (χ1) is 30.4. The first-order valence-corrected chi connectivity index (χ1v) is 22.8. The molecule has 5 aromatic carbocycles. The van der Waals surface area contributed by atoms with Crippen molar-refractivity contribution in [2.45, 2.75) is 81.7 Å². The van der Waals surface area contributed by atoms with Crippen molar-refractivity contribution in [3.63, 3.8) is 0 Å². The van der Waals surface area contributed by atoms with Gasteiger partial charge in [-0.2, -0.15) is 0 Å². The molecule has 2 unspecified atom stereocenters. The van der Waals surface area contributed by atoms with Gasteiger partial charge >= 0.3 is 0 Å². The van der Waals surface area contributed by atoms with Gasteiger partial charge in [0.25, 0.3) is 0 Å². The Morgan fingerprint density at radius 3 is 2.27 bits per heavy atom. The maximum atomic E-state index is 6.62. The van der Waals surface area contributed by atoms with E-state index in [9.17, 15) is 0 Å². The molecule has 62 heavy (non-hydrogen) atoms. The SMILES string of the molecule is CC1(C)C2=C(CCC(N(C3=CCCC=C3)c3cccc4c3-c3ccccc3[C@@]43C4=C(C=CC(C)(N5c6ccccc6OC6=CC=CCC65)C4)c4ccccc43)=C2)c2ccccc21. The van der Waals surface area contributed by atoms with Crippen LogP contribution in [0, 0.1) is 0 Å². The van der Waals surface area contributed by atoms with E-state index < -0.39 is 5.41 Å². The summed E-state index contributed by atoms with van der Waals surface area (Å²) in [6.07, 6.45) is 27.3. The van der Waals surface area contributed by atoms with Gasteiger partial charge in [0.1, 0.15) is 11.5 Å². The predicted molar refractivity (Wildman–Crippen MR) is 255 cm³/mol. The molecular weight excluding hydrogens is 753 g/mol. The number of hydrogen-bond acceptors (Lipinski definition) is 3. The number of allylic oxidation sites excluding steroid dienone is 11. The summed E-state index contributed by atoms with van der Waals surface area (Å²) in [5.41, 5.74) is 21.2. The number of nitrogens with zero attached hydrogens (tertiary/aromatic N) is 2. The summed E-state index contributed by atoms with van der Waals surface area (Å²) in [5, 5.41) is 0. The van der Waals surface area contributed by atoms with E-state index in [0.717, 1.165) is 55.7 Å². The van der Waals surface area contributed by atoms with Crippen LogP contribution in [0.5, 0.6) is 5.75 Å². The molecule has 3 heteroatoms. The molecule has 3 nitrogen and oxygen atoms in total. The van der Waals surface area contributed by atoms with Crippen LogP contribution in [-0.4, -0.2) is 11.6 Å². The highest BCUT2D eigenvalue weighted by molar-refractivity contribution is 6.01. The molecule has 5 aromatic rings. The monoisotopic (exact) mass is 802 g/mol. The molecule has 0 amide bonds. The third-order valence-electron chi connectivity index (χ3n) is 15.5. The number of ether oxygens (including phenoxy) is 1. The van der Waals surface area contributed by atoms with Crippen molar-refractivity contribution in [2.24, 2.45) is 0 Å². The van der Waals surface area contributed by atoms with E-state index in [1.54, 1.807) is 0 Å². The van der Waals surface area contributed by atoms with Crippen LogP contribution in [0.25, 0.3) is 22.3 Å². The van der Waals surface area contributed by atoms with Gasteiger partial charge in [0.15, 0.2) is 0 Å². The molecule has 1 spiro atoms. The molecule has 0 saturated carbocycles. The molecule has 0 aromatic heterocycles. The number of rotatable bonds is 4. The van der Waals surface area contributed by atoms with Crippen LogP contribution in [0.15, 0.2) is 198 Å². The second-order valence-electron chi connectivity index (χ2n) is 19.1. The topological polar surface area (TPSA) is 15.7 Å². The zero-order valence-corrected chi connectivity index (χ0v) is 35.8. The van der Waals surface area contributed by atoms with Crippen LogP contribution >= 0.6 is 0 Å². The van der Waals surface area contributed by atoms with E-state index in [4.69, 9.17) is 4.74 Å². The molecule has 0 bridgehead atoms. The maximum Gasteiger partial charge on any atom is 0.150 e. The fourth-order valence-electron chi connectivity index (χ4n) is 12.9.